The third kappa shape index (κ3) is 4.09. The van der Waals surface area contributed by atoms with Crippen LogP contribution in [0.15, 0.2) is 5.16 Å². The Morgan fingerprint density at radius 1 is 1.07 bits per heavy atom. The van der Waals surface area contributed by atoms with Gasteiger partial charge in [0.25, 0.3) is 0 Å². The lowest BCUT2D eigenvalue weighted by molar-refractivity contribution is -0.119. The maximum absolute atomic E-state index is 12.7. The Balaban J connectivity index is 1.16. The van der Waals surface area contributed by atoms with Gasteiger partial charge in [-0.2, -0.15) is 0 Å². The third-order valence-corrected chi connectivity index (χ3v) is 8.74. The zero-order valence-corrected chi connectivity index (χ0v) is 18.5. The van der Waals surface area contributed by atoms with Crippen LogP contribution >= 0.6 is 11.8 Å². The summed E-state index contributed by atoms with van der Waals surface area (Å²) in [5, 5.41) is 18.1. The van der Waals surface area contributed by atoms with E-state index >= 15 is 0 Å². The van der Waals surface area contributed by atoms with Gasteiger partial charge in [-0.25, -0.2) is 9.48 Å². The SMILES string of the molecule is C[C@@H](Sc1nnnn1C1CCCCC1)C(=O)NC(=O)NC12CC3CC(CC(C3)C1)C2. The van der Waals surface area contributed by atoms with Crippen molar-refractivity contribution in [1.29, 1.82) is 0 Å². The van der Waals surface area contributed by atoms with Crippen LogP contribution in [0.5, 0.6) is 0 Å². The van der Waals surface area contributed by atoms with Crippen molar-refractivity contribution in [1.82, 2.24) is 30.8 Å². The number of urea groups is 1. The summed E-state index contributed by atoms with van der Waals surface area (Å²) in [6.45, 7) is 1.80. The first kappa shape index (κ1) is 20.3. The average Bonchev–Trinajstić information content (AvgIpc) is 3.15. The molecule has 4 bridgehead atoms. The standard InChI is InChI=1S/C21H32N6O2S/c1-13(30-20-24-25-26-27(20)17-5-3-2-4-6-17)18(28)22-19(29)23-21-10-14-7-15(11-21)9-16(8-14)12-21/h13-17H,2-12H2,1H3,(H2,22,23,28,29)/t13-,14?,15?,16?,21?/m1/s1. The molecule has 1 aromatic heterocycles. The monoisotopic (exact) mass is 432 g/mol. The fourth-order valence-electron chi connectivity index (χ4n) is 6.78. The summed E-state index contributed by atoms with van der Waals surface area (Å²) >= 11 is 1.33. The van der Waals surface area contributed by atoms with Gasteiger partial charge in [0.1, 0.15) is 0 Å². The van der Waals surface area contributed by atoms with Crippen molar-refractivity contribution >= 4 is 23.7 Å². The van der Waals surface area contributed by atoms with Crippen LogP contribution in [0.2, 0.25) is 0 Å². The fraction of sp³-hybridized carbons (Fsp3) is 0.857. The highest BCUT2D eigenvalue weighted by Gasteiger charge is 2.51. The van der Waals surface area contributed by atoms with Crippen molar-refractivity contribution in [2.24, 2.45) is 17.8 Å². The molecule has 1 heterocycles. The number of carbonyl (C=O) groups is 2. The van der Waals surface area contributed by atoms with Crippen LogP contribution < -0.4 is 10.6 Å². The van der Waals surface area contributed by atoms with E-state index in [0.717, 1.165) is 49.9 Å². The first-order valence-corrected chi connectivity index (χ1v) is 12.5. The molecule has 5 saturated carbocycles. The predicted octanol–water partition coefficient (Wildman–Crippen LogP) is 3.45. The number of aromatic nitrogens is 4. The van der Waals surface area contributed by atoms with E-state index in [1.807, 2.05) is 4.68 Å². The van der Waals surface area contributed by atoms with Gasteiger partial charge >= 0.3 is 6.03 Å². The molecule has 3 amide bonds. The summed E-state index contributed by atoms with van der Waals surface area (Å²) in [4.78, 5) is 25.3. The Morgan fingerprint density at radius 2 is 1.70 bits per heavy atom. The largest absolute Gasteiger partial charge is 0.332 e. The van der Waals surface area contributed by atoms with Gasteiger partial charge in [0, 0.05) is 5.54 Å². The van der Waals surface area contributed by atoms with E-state index in [2.05, 4.69) is 26.2 Å². The van der Waals surface area contributed by atoms with E-state index in [0.29, 0.717) is 11.2 Å². The van der Waals surface area contributed by atoms with Gasteiger partial charge < -0.3 is 5.32 Å². The van der Waals surface area contributed by atoms with E-state index in [-0.39, 0.29) is 17.5 Å². The number of rotatable bonds is 5. The van der Waals surface area contributed by atoms with Gasteiger partial charge in [-0.1, -0.05) is 31.0 Å². The molecule has 5 fully saturated rings. The maximum atomic E-state index is 12.7. The van der Waals surface area contributed by atoms with Gasteiger partial charge in [-0.3, -0.25) is 10.1 Å². The number of carbonyl (C=O) groups excluding carboxylic acids is 2. The Labute approximate surface area is 181 Å². The van der Waals surface area contributed by atoms with Crippen LogP contribution in [-0.4, -0.2) is 42.9 Å². The Hall–Kier alpha value is -1.64. The highest BCUT2D eigenvalue weighted by molar-refractivity contribution is 8.00. The first-order valence-electron chi connectivity index (χ1n) is 11.6. The predicted molar refractivity (Wildman–Crippen MR) is 113 cm³/mol. The van der Waals surface area contributed by atoms with Crippen LogP contribution in [0.1, 0.15) is 83.6 Å². The molecule has 0 aromatic carbocycles. The molecule has 2 N–H and O–H groups in total. The van der Waals surface area contributed by atoms with Crippen molar-refractivity contribution in [2.75, 3.05) is 0 Å². The highest BCUT2D eigenvalue weighted by atomic mass is 32.2. The number of thioether (sulfide) groups is 1. The summed E-state index contributed by atoms with van der Waals surface area (Å²) in [6.07, 6.45) is 13.0. The van der Waals surface area contributed by atoms with Crippen LogP contribution in [0, 0.1) is 17.8 Å². The molecule has 0 radical (unpaired) electrons. The summed E-state index contributed by atoms with van der Waals surface area (Å²) in [5.41, 5.74) is -0.0967. The molecule has 1 aromatic rings. The van der Waals surface area contributed by atoms with E-state index < -0.39 is 5.25 Å². The minimum Gasteiger partial charge on any atom is -0.332 e. The second kappa shape index (κ2) is 8.13. The fourth-order valence-corrected chi connectivity index (χ4v) is 7.64. The van der Waals surface area contributed by atoms with Crippen molar-refractivity contribution in [3.8, 4) is 0 Å². The van der Waals surface area contributed by atoms with Crippen LogP contribution in [0.25, 0.3) is 0 Å². The maximum Gasteiger partial charge on any atom is 0.321 e. The molecule has 30 heavy (non-hydrogen) atoms. The van der Waals surface area contributed by atoms with Crippen LogP contribution in [0.3, 0.4) is 0 Å². The molecular formula is C21H32N6O2S. The zero-order chi connectivity index (χ0) is 20.7. The highest BCUT2D eigenvalue weighted by Crippen LogP contribution is 2.55. The molecule has 9 heteroatoms. The van der Waals surface area contributed by atoms with Gasteiger partial charge in [-0.05, 0) is 86.5 Å². The molecule has 0 spiro atoms. The molecule has 8 nitrogen and oxygen atoms in total. The van der Waals surface area contributed by atoms with E-state index in [1.165, 1.54) is 50.3 Å². The molecule has 0 saturated heterocycles. The lowest BCUT2D eigenvalue weighted by atomic mass is 9.53. The van der Waals surface area contributed by atoms with E-state index in [9.17, 15) is 9.59 Å². The summed E-state index contributed by atoms with van der Waals surface area (Å²) in [6, 6.07) is -0.0350. The van der Waals surface area contributed by atoms with E-state index in [1.54, 1.807) is 6.92 Å². The molecule has 0 unspecified atom stereocenters. The number of nitrogens with one attached hydrogen (secondary N) is 2. The molecular weight excluding hydrogens is 400 g/mol. The lowest BCUT2D eigenvalue weighted by Gasteiger charge is -2.56. The number of nitrogens with zero attached hydrogens (tertiary/aromatic N) is 4. The van der Waals surface area contributed by atoms with Crippen molar-refractivity contribution in [3.05, 3.63) is 0 Å². The summed E-state index contributed by atoms with van der Waals surface area (Å²) in [5.74, 6) is 1.96. The summed E-state index contributed by atoms with van der Waals surface area (Å²) < 4.78 is 1.86. The van der Waals surface area contributed by atoms with E-state index in [4.69, 9.17) is 0 Å². The Kier molecular flexibility index (Phi) is 5.49. The second-order valence-corrected chi connectivity index (χ2v) is 11.4. The first-order chi connectivity index (χ1) is 14.5. The number of tetrazole rings is 1. The topological polar surface area (TPSA) is 102 Å². The normalized spacial score (nSPS) is 34.0. The van der Waals surface area contributed by atoms with Gasteiger partial charge in [0.2, 0.25) is 11.1 Å². The molecule has 1 atom stereocenters. The van der Waals surface area contributed by atoms with Gasteiger partial charge in [0.15, 0.2) is 0 Å². The quantitative estimate of drug-likeness (QED) is 0.691. The summed E-state index contributed by atoms with van der Waals surface area (Å²) in [7, 11) is 0. The van der Waals surface area contributed by atoms with Crippen molar-refractivity contribution in [2.45, 2.75) is 99.5 Å². The van der Waals surface area contributed by atoms with Gasteiger partial charge in [0.05, 0.1) is 11.3 Å². The van der Waals surface area contributed by atoms with Crippen molar-refractivity contribution in [3.63, 3.8) is 0 Å². The molecule has 0 aliphatic heterocycles. The number of hydrogen-bond acceptors (Lipinski definition) is 6. The minimum absolute atomic E-state index is 0.0967. The van der Waals surface area contributed by atoms with Crippen LogP contribution in [0.4, 0.5) is 4.79 Å². The second-order valence-electron chi connectivity index (χ2n) is 10.1. The van der Waals surface area contributed by atoms with Crippen LogP contribution in [-0.2, 0) is 4.79 Å². The number of amides is 3. The molecule has 6 rings (SSSR count). The molecule has 164 valence electrons. The lowest BCUT2D eigenvalue weighted by Crippen LogP contribution is -2.62. The van der Waals surface area contributed by atoms with Gasteiger partial charge in [-0.15, -0.1) is 5.10 Å². The molecule has 5 aliphatic rings. The average molecular weight is 433 g/mol. The Morgan fingerprint density at radius 3 is 2.33 bits per heavy atom. The molecule has 5 aliphatic carbocycles. The van der Waals surface area contributed by atoms with Crippen molar-refractivity contribution < 1.29 is 9.59 Å². The minimum atomic E-state index is -0.444. The smallest absolute Gasteiger partial charge is 0.321 e. The zero-order valence-electron chi connectivity index (χ0n) is 17.7. The third-order valence-electron chi connectivity index (χ3n) is 7.69. The Bertz CT molecular complexity index is 770. The number of hydrogen-bond donors (Lipinski definition) is 2. The number of imide groups is 1.